The van der Waals surface area contributed by atoms with E-state index in [1.807, 2.05) is 0 Å². The first-order valence-corrected chi connectivity index (χ1v) is 7.34. The number of aliphatic carboxylic acids is 1. The number of rotatable bonds is 2. The molecule has 1 unspecified atom stereocenters. The topological polar surface area (TPSA) is 103 Å². The number of carboxylic acid groups (broad SMARTS) is 1. The molecule has 1 amide bonds. The van der Waals surface area contributed by atoms with Crippen molar-refractivity contribution in [2.45, 2.75) is 6.04 Å². The van der Waals surface area contributed by atoms with Gasteiger partial charge in [0.2, 0.25) is 0 Å². The lowest BCUT2D eigenvalue weighted by atomic mass is 10.1. The molecular weight excluding hydrogens is 294 g/mol. The van der Waals surface area contributed by atoms with Gasteiger partial charge in [0.25, 0.3) is 11.5 Å². The molecule has 0 aliphatic carbocycles. The van der Waals surface area contributed by atoms with Crippen LogP contribution in [0.3, 0.4) is 0 Å². The lowest BCUT2D eigenvalue weighted by molar-refractivity contribution is -0.140. The number of hydrogen-bond donors (Lipinski definition) is 2. The first-order chi connectivity index (χ1) is 10.1. The van der Waals surface area contributed by atoms with E-state index in [2.05, 4.69) is 10.2 Å². The van der Waals surface area contributed by atoms with E-state index < -0.39 is 17.9 Å². The van der Waals surface area contributed by atoms with E-state index in [0.717, 1.165) is 0 Å². The summed E-state index contributed by atoms with van der Waals surface area (Å²) in [7, 11) is 0. The molecule has 2 aromatic rings. The fourth-order valence-corrected chi connectivity index (χ4v) is 3.41. The number of fused-ring (bicyclic) bond motifs is 1. The molecule has 1 saturated heterocycles. The number of nitrogens with zero attached hydrogens (tertiary/aromatic N) is 2. The number of nitrogens with one attached hydrogen (secondary N) is 1. The molecule has 108 valence electrons. The lowest BCUT2D eigenvalue weighted by Gasteiger charge is -2.20. The molecule has 1 aliphatic rings. The summed E-state index contributed by atoms with van der Waals surface area (Å²) in [6.45, 7) is 0. The van der Waals surface area contributed by atoms with Crippen LogP contribution in [0.2, 0.25) is 0 Å². The number of aromatic amines is 1. The molecule has 1 aliphatic heterocycles. The molecule has 0 spiro atoms. The average molecular weight is 305 g/mol. The first-order valence-electron chi connectivity index (χ1n) is 6.18. The van der Waals surface area contributed by atoms with E-state index in [1.165, 1.54) is 16.7 Å². The quantitative estimate of drug-likeness (QED) is 0.838. The molecule has 2 heterocycles. The van der Waals surface area contributed by atoms with E-state index in [9.17, 15) is 14.4 Å². The summed E-state index contributed by atoms with van der Waals surface area (Å²) in [5, 5.41) is 16.0. The van der Waals surface area contributed by atoms with Crippen LogP contribution < -0.4 is 5.56 Å². The normalized spacial score (nSPS) is 18.1. The summed E-state index contributed by atoms with van der Waals surface area (Å²) in [5.74, 6) is -0.880. The average Bonchev–Trinajstić information content (AvgIpc) is 2.97. The molecule has 1 aromatic carbocycles. The molecule has 3 rings (SSSR count). The second-order valence-electron chi connectivity index (χ2n) is 4.58. The Morgan fingerprint density at radius 2 is 2.05 bits per heavy atom. The van der Waals surface area contributed by atoms with Crippen LogP contribution in [0.15, 0.2) is 29.1 Å². The number of H-pyrrole nitrogens is 1. The summed E-state index contributed by atoms with van der Waals surface area (Å²) in [6, 6.07) is 5.75. The van der Waals surface area contributed by atoms with Crippen molar-refractivity contribution < 1.29 is 14.7 Å². The highest BCUT2D eigenvalue weighted by Crippen LogP contribution is 2.24. The summed E-state index contributed by atoms with van der Waals surface area (Å²) in [4.78, 5) is 36.7. The minimum Gasteiger partial charge on any atom is -0.480 e. The van der Waals surface area contributed by atoms with Gasteiger partial charge >= 0.3 is 5.97 Å². The van der Waals surface area contributed by atoms with Crippen LogP contribution in [-0.4, -0.2) is 49.8 Å². The van der Waals surface area contributed by atoms with Gasteiger partial charge in [0.1, 0.15) is 6.04 Å². The van der Waals surface area contributed by atoms with Gasteiger partial charge in [0, 0.05) is 11.1 Å². The van der Waals surface area contributed by atoms with E-state index in [0.29, 0.717) is 22.4 Å². The van der Waals surface area contributed by atoms with Crippen LogP contribution in [0.1, 0.15) is 10.5 Å². The van der Waals surface area contributed by atoms with Gasteiger partial charge in [0.05, 0.1) is 11.3 Å². The van der Waals surface area contributed by atoms with Crippen molar-refractivity contribution >= 4 is 34.4 Å². The third-order valence-corrected chi connectivity index (χ3v) is 4.34. The number of carboxylic acids is 1. The van der Waals surface area contributed by atoms with E-state index in [-0.39, 0.29) is 11.3 Å². The smallest absolute Gasteiger partial charge is 0.327 e. The number of benzene rings is 1. The zero-order chi connectivity index (χ0) is 15.0. The van der Waals surface area contributed by atoms with Crippen molar-refractivity contribution in [1.82, 2.24) is 15.1 Å². The number of aromatic nitrogens is 2. The maximum Gasteiger partial charge on any atom is 0.327 e. The Hall–Kier alpha value is -2.35. The Balaban J connectivity index is 2.09. The largest absolute Gasteiger partial charge is 0.480 e. The van der Waals surface area contributed by atoms with Crippen LogP contribution in [0.4, 0.5) is 0 Å². The Morgan fingerprint density at radius 1 is 1.33 bits per heavy atom. The van der Waals surface area contributed by atoms with Crippen molar-refractivity contribution in [1.29, 1.82) is 0 Å². The minimum absolute atomic E-state index is 0.0685. The number of amides is 1. The van der Waals surface area contributed by atoms with Crippen LogP contribution in [-0.2, 0) is 4.79 Å². The predicted octanol–water partition coefficient (Wildman–Crippen LogP) is 0.523. The predicted molar refractivity (Wildman–Crippen MR) is 77.3 cm³/mol. The van der Waals surface area contributed by atoms with Gasteiger partial charge in [-0.3, -0.25) is 9.59 Å². The van der Waals surface area contributed by atoms with Crippen LogP contribution in [0, 0.1) is 0 Å². The molecule has 0 radical (unpaired) electrons. The summed E-state index contributed by atoms with van der Waals surface area (Å²) in [5.41, 5.74) is -0.313. The lowest BCUT2D eigenvalue weighted by Crippen LogP contribution is -2.42. The fourth-order valence-electron chi connectivity index (χ4n) is 2.26. The van der Waals surface area contributed by atoms with Crippen molar-refractivity contribution in [3.63, 3.8) is 0 Å². The second kappa shape index (κ2) is 5.21. The Kier molecular flexibility index (Phi) is 3.38. The van der Waals surface area contributed by atoms with Gasteiger partial charge in [0.15, 0.2) is 5.69 Å². The van der Waals surface area contributed by atoms with Crippen LogP contribution in [0.5, 0.6) is 0 Å². The number of thioether (sulfide) groups is 1. The summed E-state index contributed by atoms with van der Waals surface area (Å²) < 4.78 is 0. The van der Waals surface area contributed by atoms with Gasteiger partial charge < -0.3 is 10.0 Å². The summed E-state index contributed by atoms with van der Waals surface area (Å²) in [6.07, 6.45) is 0. The summed E-state index contributed by atoms with van der Waals surface area (Å²) >= 11 is 1.37. The minimum atomic E-state index is -1.04. The van der Waals surface area contributed by atoms with Crippen molar-refractivity contribution in [3.8, 4) is 0 Å². The molecule has 0 saturated carbocycles. The van der Waals surface area contributed by atoms with E-state index in [1.54, 1.807) is 24.3 Å². The highest BCUT2D eigenvalue weighted by Gasteiger charge is 2.36. The third kappa shape index (κ3) is 2.27. The number of carbonyl (C=O) groups excluding carboxylic acids is 1. The highest BCUT2D eigenvalue weighted by atomic mass is 32.2. The molecule has 7 nitrogen and oxygen atoms in total. The van der Waals surface area contributed by atoms with Gasteiger partial charge in [-0.05, 0) is 6.07 Å². The second-order valence-corrected chi connectivity index (χ2v) is 5.58. The third-order valence-electron chi connectivity index (χ3n) is 3.33. The fraction of sp³-hybridized carbons (Fsp3) is 0.231. The molecule has 1 aromatic heterocycles. The van der Waals surface area contributed by atoms with Gasteiger partial charge in [-0.25, -0.2) is 9.89 Å². The van der Waals surface area contributed by atoms with Gasteiger partial charge in [-0.1, -0.05) is 18.2 Å². The van der Waals surface area contributed by atoms with Crippen molar-refractivity contribution in [2.24, 2.45) is 0 Å². The molecule has 1 atom stereocenters. The maximum absolute atomic E-state index is 12.6. The first kappa shape index (κ1) is 13.6. The zero-order valence-corrected chi connectivity index (χ0v) is 11.6. The Labute approximate surface area is 123 Å². The molecule has 0 bridgehead atoms. The van der Waals surface area contributed by atoms with E-state index in [4.69, 9.17) is 5.11 Å². The Morgan fingerprint density at radius 3 is 2.76 bits per heavy atom. The van der Waals surface area contributed by atoms with Crippen molar-refractivity contribution in [2.75, 3.05) is 11.6 Å². The molecular formula is C13H11N3O4S. The molecule has 2 N–H and O–H groups in total. The molecule has 1 fully saturated rings. The van der Waals surface area contributed by atoms with Gasteiger partial charge in [-0.2, -0.15) is 5.10 Å². The monoisotopic (exact) mass is 305 g/mol. The van der Waals surface area contributed by atoms with Crippen LogP contribution in [0.25, 0.3) is 10.8 Å². The number of hydrogen-bond acceptors (Lipinski definition) is 5. The molecule has 21 heavy (non-hydrogen) atoms. The SMILES string of the molecule is O=C(O)C1CSCN1C(=O)c1n[nH]c(=O)c2ccccc12. The number of carbonyl (C=O) groups is 2. The van der Waals surface area contributed by atoms with E-state index >= 15 is 0 Å². The van der Waals surface area contributed by atoms with Gasteiger partial charge in [-0.15, -0.1) is 11.8 Å². The zero-order valence-electron chi connectivity index (χ0n) is 10.8. The Bertz CT molecular complexity index is 788. The van der Waals surface area contributed by atoms with Crippen LogP contribution >= 0.6 is 11.8 Å². The van der Waals surface area contributed by atoms with Crippen molar-refractivity contribution in [3.05, 3.63) is 40.3 Å². The molecule has 8 heteroatoms. The highest BCUT2D eigenvalue weighted by molar-refractivity contribution is 7.99. The maximum atomic E-state index is 12.6. The standard InChI is InChI=1S/C13H11N3O4S/c17-11-8-4-2-1-3-7(8)10(14-15-11)12(18)16-6-21-5-9(16)13(19)20/h1-4,9H,5-6H2,(H,15,17)(H,19,20).